The molecule has 0 saturated heterocycles. The zero-order chi connectivity index (χ0) is 26.5. The van der Waals surface area contributed by atoms with Crippen molar-refractivity contribution in [3.63, 3.8) is 0 Å². The minimum Gasteiger partial charge on any atom is -0.496 e. The van der Waals surface area contributed by atoms with Gasteiger partial charge < -0.3 is 26.4 Å². The van der Waals surface area contributed by atoms with Crippen molar-refractivity contribution in [2.24, 2.45) is 0 Å². The predicted octanol–water partition coefficient (Wildman–Crippen LogP) is 2.95. The maximum Gasteiger partial charge on any atom is 0.319 e. The summed E-state index contributed by atoms with van der Waals surface area (Å²) in [4.78, 5) is 38.8. The van der Waals surface area contributed by atoms with E-state index in [4.69, 9.17) is 15.5 Å². The summed E-state index contributed by atoms with van der Waals surface area (Å²) >= 11 is 0. The van der Waals surface area contributed by atoms with Crippen molar-refractivity contribution >= 4 is 34.3 Å². The molecule has 2 aromatic heterocycles. The number of nitriles is 1. The lowest BCUT2D eigenvalue weighted by Gasteiger charge is -2.21. The highest BCUT2D eigenvalue weighted by molar-refractivity contribution is 5.89. The van der Waals surface area contributed by atoms with E-state index in [-0.39, 0.29) is 28.8 Å². The van der Waals surface area contributed by atoms with Gasteiger partial charge in [0, 0.05) is 12.2 Å². The van der Waals surface area contributed by atoms with Crippen molar-refractivity contribution in [3.8, 4) is 17.5 Å². The number of aromatic nitrogens is 4. The van der Waals surface area contributed by atoms with Gasteiger partial charge >= 0.3 is 6.03 Å². The van der Waals surface area contributed by atoms with Gasteiger partial charge in [0.2, 0.25) is 0 Å². The number of benzene rings is 2. The van der Waals surface area contributed by atoms with Crippen molar-refractivity contribution in [2.75, 3.05) is 30.0 Å². The van der Waals surface area contributed by atoms with Crippen LogP contribution in [0.1, 0.15) is 31.3 Å². The van der Waals surface area contributed by atoms with Crippen molar-refractivity contribution in [1.82, 2.24) is 24.8 Å². The predicted molar refractivity (Wildman–Crippen MR) is 140 cm³/mol. The Morgan fingerprint density at radius 1 is 1.24 bits per heavy atom. The van der Waals surface area contributed by atoms with Gasteiger partial charge in [-0.05, 0) is 44.2 Å². The largest absolute Gasteiger partial charge is 0.496 e. The number of carbonyl (C=O) groups excluding carboxylic acids is 1. The number of hydrogen-bond donors (Lipinski definition) is 4. The average molecular weight is 500 g/mol. The lowest BCUT2D eigenvalue weighted by Crippen LogP contribution is -2.29. The van der Waals surface area contributed by atoms with E-state index in [1.54, 1.807) is 49.4 Å². The number of urea groups is 1. The molecule has 0 aliphatic heterocycles. The molecule has 4 aromatic rings. The van der Waals surface area contributed by atoms with Crippen LogP contribution >= 0.6 is 0 Å². The molecular formula is C25H25N9O3. The number of fused-ring (bicyclic) bond motifs is 1. The summed E-state index contributed by atoms with van der Waals surface area (Å²) in [5.74, 6) is 0.954. The molecule has 0 fully saturated rings. The monoisotopic (exact) mass is 499 g/mol. The van der Waals surface area contributed by atoms with Crippen LogP contribution in [-0.2, 0) is 0 Å². The molecule has 0 bridgehead atoms. The maximum absolute atomic E-state index is 13.9. The molecule has 0 radical (unpaired) electrons. The van der Waals surface area contributed by atoms with Crippen LogP contribution in [0, 0.1) is 11.3 Å². The van der Waals surface area contributed by atoms with Crippen molar-refractivity contribution < 1.29 is 9.53 Å². The Morgan fingerprint density at radius 2 is 2.03 bits per heavy atom. The second kappa shape index (κ2) is 10.6. The fourth-order valence-corrected chi connectivity index (χ4v) is 3.87. The van der Waals surface area contributed by atoms with Crippen LogP contribution < -0.4 is 32.0 Å². The molecule has 0 saturated carbocycles. The molecule has 0 aliphatic rings. The number of amides is 2. The van der Waals surface area contributed by atoms with Crippen LogP contribution in [-0.4, -0.2) is 39.2 Å². The van der Waals surface area contributed by atoms with Gasteiger partial charge in [-0.3, -0.25) is 9.36 Å². The number of hydrogen-bond acceptors (Lipinski definition) is 9. The molecule has 37 heavy (non-hydrogen) atoms. The zero-order valence-electron chi connectivity index (χ0n) is 20.4. The van der Waals surface area contributed by atoms with Crippen LogP contribution in [0.5, 0.6) is 5.75 Å². The van der Waals surface area contributed by atoms with Crippen LogP contribution in [0.2, 0.25) is 0 Å². The third-order valence-corrected chi connectivity index (χ3v) is 5.53. The van der Waals surface area contributed by atoms with Crippen molar-refractivity contribution in [3.05, 3.63) is 70.5 Å². The first-order valence-corrected chi connectivity index (χ1v) is 11.4. The normalized spacial score (nSPS) is 11.4. The molecule has 0 spiro atoms. The number of nitrogen functional groups attached to an aromatic ring is 1. The SMILES string of the molecule is CCNC(=O)Nc1cccc(-n2c(C(C)Nc3ncnc(N)c3C#N)nc3cccc(OC)c3c2=O)c1. The van der Waals surface area contributed by atoms with E-state index in [0.717, 1.165) is 0 Å². The van der Waals surface area contributed by atoms with Crippen LogP contribution in [0.25, 0.3) is 16.6 Å². The second-order valence-electron chi connectivity index (χ2n) is 7.96. The van der Waals surface area contributed by atoms with Gasteiger partial charge in [-0.15, -0.1) is 0 Å². The van der Waals surface area contributed by atoms with E-state index in [1.807, 2.05) is 13.0 Å². The summed E-state index contributed by atoms with van der Waals surface area (Å²) in [6, 6.07) is 13.0. The fourth-order valence-electron chi connectivity index (χ4n) is 3.87. The van der Waals surface area contributed by atoms with E-state index in [9.17, 15) is 14.9 Å². The van der Waals surface area contributed by atoms with Gasteiger partial charge in [0.15, 0.2) is 0 Å². The molecule has 2 amide bonds. The highest BCUT2D eigenvalue weighted by Crippen LogP contribution is 2.27. The number of anilines is 3. The van der Waals surface area contributed by atoms with E-state index < -0.39 is 6.04 Å². The molecule has 4 rings (SSSR count). The van der Waals surface area contributed by atoms with Gasteiger partial charge in [-0.1, -0.05) is 12.1 Å². The Labute approximate surface area is 212 Å². The van der Waals surface area contributed by atoms with Crippen molar-refractivity contribution in [1.29, 1.82) is 5.26 Å². The van der Waals surface area contributed by atoms with Gasteiger partial charge in [0.25, 0.3) is 5.56 Å². The Hall–Kier alpha value is -5.18. The summed E-state index contributed by atoms with van der Waals surface area (Å²) in [5.41, 5.74) is 6.93. The molecule has 188 valence electrons. The molecular weight excluding hydrogens is 474 g/mol. The molecule has 1 atom stereocenters. The number of ether oxygens (including phenoxy) is 1. The Bertz CT molecular complexity index is 1580. The molecule has 1 unspecified atom stereocenters. The summed E-state index contributed by atoms with van der Waals surface area (Å²) in [6.07, 6.45) is 1.24. The summed E-state index contributed by atoms with van der Waals surface area (Å²) in [6.45, 7) is 4.05. The minimum atomic E-state index is -0.607. The molecule has 12 nitrogen and oxygen atoms in total. The minimum absolute atomic E-state index is 0.0323. The molecule has 12 heteroatoms. The van der Waals surface area contributed by atoms with Crippen LogP contribution in [0.15, 0.2) is 53.6 Å². The standard InChI is InChI=1S/C25H25N9O3/c1-4-28-25(36)32-15-7-5-8-16(11-15)34-23(14(2)31-22-17(12-26)21(27)29-13-30-22)33-18-9-6-10-19(37-3)20(18)24(34)35/h5-11,13-14H,4H2,1-3H3,(H2,28,32,36)(H3,27,29,30,31). The van der Waals surface area contributed by atoms with Crippen LogP contribution in [0.4, 0.5) is 22.1 Å². The zero-order valence-corrected chi connectivity index (χ0v) is 20.4. The summed E-state index contributed by atoms with van der Waals surface area (Å²) in [5, 5.41) is 18.4. The topological polar surface area (TPSA) is 173 Å². The number of nitrogens with zero attached hydrogens (tertiary/aromatic N) is 5. The first-order chi connectivity index (χ1) is 17.9. The molecule has 0 aliphatic carbocycles. The van der Waals surface area contributed by atoms with E-state index >= 15 is 0 Å². The lowest BCUT2D eigenvalue weighted by molar-refractivity contribution is 0.252. The second-order valence-corrected chi connectivity index (χ2v) is 7.96. The van der Waals surface area contributed by atoms with Gasteiger partial charge in [-0.25, -0.2) is 19.7 Å². The Balaban J connectivity index is 1.90. The third kappa shape index (κ3) is 4.96. The summed E-state index contributed by atoms with van der Waals surface area (Å²) in [7, 11) is 1.48. The van der Waals surface area contributed by atoms with Gasteiger partial charge in [-0.2, -0.15) is 5.26 Å². The quantitative estimate of drug-likeness (QED) is 0.298. The Morgan fingerprint density at radius 3 is 2.76 bits per heavy atom. The van der Waals surface area contributed by atoms with E-state index in [1.165, 1.54) is 18.0 Å². The first-order valence-electron chi connectivity index (χ1n) is 11.4. The number of nitrogens with one attached hydrogen (secondary N) is 3. The van der Waals surface area contributed by atoms with E-state index in [0.29, 0.717) is 40.4 Å². The average Bonchev–Trinajstić information content (AvgIpc) is 2.88. The van der Waals surface area contributed by atoms with Crippen molar-refractivity contribution in [2.45, 2.75) is 19.9 Å². The Kier molecular flexibility index (Phi) is 7.15. The maximum atomic E-state index is 13.9. The van der Waals surface area contributed by atoms with Crippen LogP contribution in [0.3, 0.4) is 0 Å². The smallest absolute Gasteiger partial charge is 0.319 e. The van der Waals surface area contributed by atoms with E-state index in [2.05, 4.69) is 25.9 Å². The number of nitrogens with two attached hydrogens (primary N) is 1. The molecule has 5 N–H and O–H groups in total. The fraction of sp³-hybridized carbons (Fsp3) is 0.200. The number of rotatable bonds is 7. The highest BCUT2D eigenvalue weighted by atomic mass is 16.5. The lowest BCUT2D eigenvalue weighted by atomic mass is 10.1. The third-order valence-electron chi connectivity index (χ3n) is 5.53. The van der Waals surface area contributed by atoms with Gasteiger partial charge in [0.05, 0.1) is 24.4 Å². The molecule has 2 aromatic carbocycles. The summed E-state index contributed by atoms with van der Waals surface area (Å²) < 4.78 is 6.87. The van der Waals surface area contributed by atoms with Gasteiger partial charge in [0.1, 0.15) is 46.6 Å². The first kappa shape index (κ1) is 24.9. The number of carbonyl (C=O) groups is 1. The number of methoxy groups -OCH3 is 1. The highest BCUT2D eigenvalue weighted by Gasteiger charge is 2.22. The molecule has 2 heterocycles.